The number of halogens is 2. The molecule has 2 aromatic carbocycles. The number of rotatable bonds is 5. The van der Waals surface area contributed by atoms with Crippen LogP contribution in [0.25, 0.3) is 0 Å². The topological polar surface area (TPSA) is 38.3 Å². The lowest BCUT2D eigenvalue weighted by Gasteiger charge is -2.11. The summed E-state index contributed by atoms with van der Waals surface area (Å²) < 4.78 is 5.94. The molecule has 26 heavy (non-hydrogen) atoms. The third-order valence-corrected chi connectivity index (χ3v) is 5.37. The number of ether oxygens (including phenoxy) is 1. The number of carbonyl (C=O) groups excluding carboxylic acids is 1. The van der Waals surface area contributed by atoms with Crippen LogP contribution in [-0.4, -0.2) is 5.91 Å². The second-order valence-electron chi connectivity index (χ2n) is 5.91. The van der Waals surface area contributed by atoms with E-state index in [4.69, 9.17) is 27.9 Å². The maximum Gasteiger partial charge on any atom is 0.265 e. The van der Waals surface area contributed by atoms with E-state index >= 15 is 0 Å². The van der Waals surface area contributed by atoms with E-state index in [1.165, 1.54) is 11.3 Å². The molecule has 3 nitrogen and oxygen atoms in total. The SMILES string of the molecule is Cc1cccc(C)c1OCc1csc(C(=O)Nc2ccc(Cl)cc2Cl)c1. The smallest absolute Gasteiger partial charge is 0.265 e. The predicted octanol–water partition coefficient (Wildman–Crippen LogP) is 6.50. The van der Waals surface area contributed by atoms with Gasteiger partial charge in [0.1, 0.15) is 12.4 Å². The lowest BCUT2D eigenvalue weighted by atomic mass is 10.1. The van der Waals surface area contributed by atoms with Gasteiger partial charge in [0.2, 0.25) is 0 Å². The quantitative estimate of drug-likeness (QED) is 0.525. The largest absolute Gasteiger partial charge is 0.488 e. The molecular weight excluding hydrogens is 389 g/mol. The zero-order valence-electron chi connectivity index (χ0n) is 14.3. The number of benzene rings is 2. The average Bonchev–Trinajstić information content (AvgIpc) is 3.06. The highest BCUT2D eigenvalue weighted by molar-refractivity contribution is 7.12. The molecule has 0 aliphatic carbocycles. The maximum absolute atomic E-state index is 12.4. The summed E-state index contributed by atoms with van der Waals surface area (Å²) in [6, 6.07) is 12.8. The van der Waals surface area contributed by atoms with Gasteiger partial charge in [0.15, 0.2) is 0 Å². The summed E-state index contributed by atoms with van der Waals surface area (Å²) in [5, 5.41) is 5.65. The molecule has 6 heteroatoms. The summed E-state index contributed by atoms with van der Waals surface area (Å²) in [5.74, 6) is 0.676. The molecule has 134 valence electrons. The van der Waals surface area contributed by atoms with Crippen LogP contribution in [0.2, 0.25) is 10.0 Å². The Morgan fingerprint density at radius 2 is 1.85 bits per heavy atom. The summed E-state index contributed by atoms with van der Waals surface area (Å²) in [6.45, 7) is 4.45. The number of nitrogens with one attached hydrogen (secondary N) is 1. The molecule has 1 heterocycles. The van der Waals surface area contributed by atoms with E-state index in [1.54, 1.807) is 18.2 Å². The first kappa shape index (κ1) is 18.8. The molecule has 0 bridgehead atoms. The van der Waals surface area contributed by atoms with E-state index in [0.29, 0.717) is 27.2 Å². The van der Waals surface area contributed by atoms with E-state index in [9.17, 15) is 4.79 Å². The summed E-state index contributed by atoms with van der Waals surface area (Å²) in [7, 11) is 0. The van der Waals surface area contributed by atoms with Gasteiger partial charge in [-0.2, -0.15) is 0 Å². The van der Waals surface area contributed by atoms with Gasteiger partial charge in [-0.15, -0.1) is 11.3 Å². The number of hydrogen-bond donors (Lipinski definition) is 1. The van der Waals surface area contributed by atoms with Gasteiger partial charge in [0.05, 0.1) is 15.6 Å². The molecule has 0 fully saturated rings. The third-order valence-electron chi connectivity index (χ3n) is 3.85. The van der Waals surface area contributed by atoms with Crippen molar-refractivity contribution in [3.05, 3.63) is 79.5 Å². The molecule has 0 aliphatic rings. The van der Waals surface area contributed by atoms with Gasteiger partial charge in [-0.25, -0.2) is 0 Å². The van der Waals surface area contributed by atoms with Gasteiger partial charge < -0.3 is 10.1 Å². The number of carbonyl (C=O) groups is 1. The lowest BCUT2D eigenvalue weighted by Crippen LogP contribution is -2.10. The molecule has 1 aromatic heterocycles. The second-order valence-corrected chi connectivity index (χ2v) is 7.66. The van der Waals surface area contributed by atoms with E-state index in [0.717, 1.165) is 22.4 Å². The monoisotopic (exact) mass is 405 g/mol. The van der Waals surface area contributed by atoms with E-state index in [-0.39, 0.29) is 5.91 Å². The Bertz CT molecular complexity index is 932. The highest BCUT2D eigenvalue weighted by Crippen LogP contribution is 2.27. The van der Waals surface area contributed by atoms with Crippen molar-refractivity contribution < 1.29 is 9.53 Å². The van der Waals surface area contributed by atoms with E-state index in [1.807, 2.05) is 43.5 Å². The standard InChI is InChI=1S/C20H17Cl2NO2S/c1-12-4-3-5-13(2)19(12)25-10-14-8-18(26-11-14)20(24)23-17-7-6-15(21)9-16(17)22/h3-9,11H,10H2,1-2H3,(H,23,24). The van der Waals surface area contributed by atoms with Crippen molar-refractivity contribution in [3.63, 3.8) is 0 Å². The van der Waals surface area contributed by atoms with Crippen LogP contribution in [0, 0.1) is 13.8 Å². The van der Waals surface area contributed by atoms with Crippen molar-refractivity contribution in [2.45, 2.75) is 20.5 Å². The van der Waals surface area contributed by atoms with Crippen LogP contribution in [0.1, 0.15) is 26.4 Å². The first-order valence-corrected chi connectivity index (χ1v) is 9.60. The van der Waals surface area contributed by atoms with Crippen LogP contribution in [0.5, 0.6) is 5.75 Å². The molecule has 0 aliphatic heterocycles. The summed E-state index contributed by atoms with van der Waals surface area (Å²) in [5.41, 5.74) is 3.67. The molecule has 0 radical (unpaired) electrons. The number of aryl methyl sites for hydroxylation is 2. The third kappa shape index (κ3) is 4.39. The van der Waals surface area contributed by atoms with Crippen molar-refractivity contribution in [2.75, 3.05) is 5.32 Å². The zero-order chi connectivity index (χ0) is 18.7. The molecule has 1 amide bonds. The molecular formula is C20H17Cl2NO2S. The number of hydrogen-bond acceptors (Lipinski definition) is 3. The van der Waals surface area contributed by atoms with Crippen molar-refractivity contribution in [2.24, 2.45) is 0 Å². The van der Waals surface area contributed by atoms with Crippen molar-refractivity contribution in [1.82, 2.24) is 0 Å². The van der Waals surface area contributed by atoms with Crippen molar-refractivity contribution in [3.8, 4) is 5.75 Å². The average molecular weight is 406 g/mol. The van der Waals surface area contributed by atoms with Crippen LogP contribution in [-0.2, 0) is 6.61 Å². The molecule has 0 atom stereocenters. The van der Waals surface area contributed by atoms with Crippen LogP contribution in [0.15, 0.2) is 47.8 Å². The fourth-order valence-electron chi connectivity index (χ4n) is 2.53. The number of anilines is 1. The van der Waals surface area contributed by atoms with Crippen LogP contribution in [0.4, 0.5) is 5.69 Å². The second kappa shape index (κ2) is 8.12. The molecule has 3 rings (SSSR count). The van der Waals surface area contributed by atoms with Crippen molar-refractivity contribution >= 4 is 46.1 Å². The molecule has 0 saturated heterocycles. The Morgan fingerprint density at radius 3 is 2.54 bits per heavy atom. The minimum Gasteiger partial charge on any atom is -0.488 e. The van der Waals surface area contributed by atoms with Gasteiger partial charge >= 0.3 is 0 Å². The first-order chi connectivity index (χ1) is 12.4. The molecule has 0 saturated carbocycles. The Balaban J connectivity index is 1.66. The number of para-hydroxylation sites is 1. The van der Waals surface area contributed by atoms with Gasteiger partial charge in [-0.3, -0.25) is 4.79 Å². The van der Waals surface area contributed by atoms with Gasteiger partial charge in [-0.05, 0) is 54.6 Å². The van der Waals surface area contributed by atoms with E-state index < -0.39 is 0 Å². The lowest BCUT2D eigenvalue weighted by molar-refractivity contribution is 0.103. The fourth-order valence-corrected chi connectivity index (χ4v) is 3.78. The predicted molar refractivity (Wildman–Crippen MR) is 109 cm³/mol. The molecule has 0 spiro atoms. The Morgan fingerprint density at radius 1 is 1.12 bits per heavy atom. The Hall–Kier alpha value is -2.01. The van der Waals surface area contributed by atoms with Gasteiger partial charge in [-0.1, -0.05) is 41.4 Å². The van der Waals surface area contributed by atoms with Crippen LogP contribution < -0.4 is 10.1 Å². The first-order valence-electron chi connectivity index (χ1n) is 7.97. The maximum atomic E-state index is 12.4. The molecule has 3 aromatic rings. The highest BCUT2D eigenvalue weighted by atomic mass is 35.5. The summed E-state index contributed by atoms with van der Waals surface area (Å²) in [4.78, 5) is 13.0. The number of thiophene rings is 1. The fraction of sp³-hybridized carbons (Fsp3) is 0.150. The minimum atomic E-state index is -0.211. The van der Waals surface area contributed by atoms with Crippen molar-refractivity contribution in [1.29, 1.82) is 0 Å². The van der Waals surface area contributed by atoms with Crippen LogP contribution in [0.3, 0.4) is 0 Å². The summed E-state index contributed by atoms with van der Waals surface area (Å²) in [6.07, 6.45) is 0. The Kier molecular flexibility index (Phi) is 5.87. The van der Waals surface area contributed by atoms with Crippen LogP contribution >= 0.6 is 34.5 Å². The van der Waals surface area contributed by atoms with E-state index in [2.05, 4.69) is 5.32 Å². The summed E-state index contributed by atoms with van der Waals surface area (Å²) >= 11 is 13.3. The van der Waals surface area contributed by atoms with Gasteiger partial charge in [0.25, 0.3) is 5.91 Å². The molecule has 0 unspecified atom stereocenters. The highest BCUT2D eigenvalue weighted by Gasteiger charge is 2.12. The Labute approximate surface area is 166 Å². The normalized spacial score (nSPS) is 10.6. The zero-order valence-corrected chi connectivity index (χ0v) is 16.6. The minimum absolute atomic E-state index is 0.211. The number of amides is 1. The van der Waals surface area contributed by atoms with Gasteiger partial charge in [0, 0.05) is 10.6 Å². The molecule has 1 N–H and O–H groups in total.